The molecule has 2 unspecified atom stereocenters. The van der Waals surface area contributed by atoms with Crippen molar-refractivity contribution in [2.45, 2.75) is 49.9 Å². The summed E-state index contributed by atoms with van der Waals surface area (Å²) in [4.78, 5) is 0. The molecular formula is C14H20ClNO2. The maximum Gasteiger partial charge on any atom is 0.127 e. The predicted molar refractivity (Wildman–Crippen MR) is 73.1 cm³/mol. The number of benzene rings is 1. The van der Waals surface area contributed by atoms with Gasteiger partial charge in [0.2, 0.25) is 0 Å². The molecule has 3 N–H and O–H groups in total. The lowest BCUT2D eigenvalue weighted by atomic mass is 9.74. The molecule has 1 saturated carbocycles. The van der Waals surface area contributed by atoms with Gasteiger partial charge in [-0.1, -0.05) is 24.6 Å². The van der Waals surface area contributed by atoms with E-state index >= 15 is 0 Å². The van der Waals surface area contributed by atoms with Crippen LogP contribution in [0, 0.1) is 0 Å². The van der Waals surface area contributed by atoms with Crippen molar-refractivity contribution in [3.63, 3.8) is 0 Å². The second-order valence-corrected chi connectivity index (χ2v) is 5.24. The summed E-state index contributed by atoms with van der Waals surface area (Å²) in [6.07, 6.45) is 4.85. The molecule has 0 saturated heterocycles. The number of rotatable bonds is 0. The molecule has 0 bridgehead atoms. The summed E-state index contributed by atoms with van der Waals surface area (Å²) in [5.74, 6) is 0.809. The van der Waals surface area contributed by atoms with Crippen molar-refractivity contribution in [3.8, 4) is 5.75 Å². The molecule has 1 heterocycles. The van der Waals surface area contributed by atoms with E-state index in [4.69, 9.17) is 10.5 Å². The quantitative estimate of drug-likeness (QED) is 0.761. The van der Waals surface area contributed by atoms with Crippen molar-refractivity contribution in [1.29, 1.82) is 0 Å². The predicted octanol–water partition coefficient (Wildman–Crippen LogP) is 2.56. The van der Waals surface area contributed by atoms with E-state index < -0.39 is 6.10 Å². The van der Waals surface area contributed by atoms with Crippen LogP contribution in [0.4, 0.5) is 0 Å². The van der Waals surface area contributed by atoms with Gasteiger partial charge in [0.25, 0.3) is 0 Å². The molecule has 0 amide bonds. The number of aliphatic hydroxyl groups is 1. The zero-order valence-electron chi connectivity index (χ0n) is 10.3. The van der Waals surface area contributed by atoms with Crippen molar-refractivity contribution in [2.75, 3.05) is 0 Å². The molecule has 1 fully saturated rings. The topological polar surface area (TPSA) is 55.5 Å². The van der Waals surface area contributed by atoms with E-state index in [1.807, 2.05) is 24.3 Å². The van der Waals surface area contributed by atoms with Crippen LogP contribution >= 0.6 is 12.4 Å². The first kappa shape index (κ1) is 13.7. The summed E-state index contributed by atoms with van der Waals surface area (Å²) in [5.41, 5.74) is 6.72. The van der Waals surface area contributed by atoms with Gasteiger partial charge in [-0.15, -0.1) is 12.4 Å². The Hall–Kier alpha value is -0.770. The fourth-order valence-electron chi connectivity index (χ4n) is 3.17. The molecule has 0 radical (unpaired) electrons. The van der Waals surface area contributed by atoms with Crippen molar-refractivity contribution in [1.82, 2.24) is 0 Å². The van der Waals surface area contributed by atoms with Crippen LogP contribution in [0.5, 0.6) is 5.75 Å². The number of hydrogen-bond acceptors (Lipinski definition) is 3. The van der Waals surface area contributed by atoms with E-state index in [2.05, 4.69) is 0 Å². The van der Waals surface area contributed by atoms with Gasteiger partial charge in [-0.3, -0.25) is 0 Å². The highest BCUT2D eigenvalue weighted by atomic mass is 35.5. The van der Waals surface area contributed by atoms with Crippen LogP contribution in [0.2, 0.25) is 0 Å². The summed E-state index contributed by atoms with van der Waals surface area (Å²) in [5, 5.41) is 10.3. The summed E-state index contributed by atoms with van der Waals surface area (Å²) in [6, 6.07) is 7.38. The molecule has 18 heavy (non-hydrogen) atoms. The van der Waals surface area contributed by atoms with Gasteiger partial charge in [-0.05, 0) is 31.7 Å². The molecule has 1 aromatic carbocycles. The van der Waals surface area contributed by atoms with Gasteiger partial charge in [0.05, 0.1) is 6.04 Å². The highest BCUT2D eigenvalue weighted by Crippen LogP contribution is 2.45. The first-order valence-electron chi connectivity index (χ1n) is 6.44. The van der Waals surface area contributed by atoms with Gasteiger partial charge in [-0.2, -0.15) is 0 Å². The molecule has 100 valence electrons. The first-order valence-corrected chi connectivity index (χ1v) is 6.44. The average molecular weight is 270 g/mol. The second-order valence-electron chi connectivity index (χ2n) is 5.24. The average Bonchev–Trinajstić information content (AvgIpc) is 2.37. The lowest BCUT2D eigenvalue weighted by Crippen LogP contribution is -2.58. The van der Waals surface area contributed by atoms with Crippen LogP contribution in [-0.4, -0.2) is 16.7 Å². The highest BCUT2D eigenvalue weighted by Gasteiger charge is 2.47. The summed E-state index contributed by atoms with van der Waals surface area (Å²) in [6.45, 7) is 0. The lowest BCUT2D eigenvalue weighted by molar-refractivity contribution is -0.0581. The minimum Gasteiger partial charge on any atom is -0.485 e. The van der Waals surface area contributed by atoms with Gasteiger partial charge in [0, 0.05) is 5.56 Å². The second kappa shape index (κ2) is 5.08. The summed E-state index contributed by atoms with van der Waals surface area (Å²) >= 11 is 0. The molecule has 1 aliphatic heterocycles. The third kappa shape index (κ3) is 2.00. The molecule has 4 heteroatoms. The van der Waals surface area contributed by atoms with E-state index in [0.717, 1.165) is 37.0 Å². The fraction of sp³-hybridized carbons (Fsp3) is 0.571. The Morgan fingerprint density at radius 3 is 2.56 bits per heavy atom. The Kier molecular flexibility index (Phi) is 3.85. The van der Waals surface area contributed by atoms with Crippen molar-refractivity contribution in [2.24, 2.45) is 5.73 Å². The standard InChI is InChI=1S/C14H19NO2.ClH/c15-13-12(16)10-6-2-3-7-11(10)17-14(13)8-4-1-5-9-14;/h2-3,6-7,12-13,16H,1,4-5,8-9,15H2;1H. The number of halogens is 1. The van der Waals surface area contributed by atoms with Gasteiger partial charge in [0.15, 0.2) is 0 Å². The summed E-state index contributed by atoms with van der Waals surface area (Å²) in [7, 11) is 0. The van der Waals surface area contributed by atoms with Gasteiger partial charge >= 0.3 is 0 Å². The lowest BCUT2D eigenvalue weighted by Gasteiger charge is -2.47. The smallest absolute Gasteiger partial charge is 0.127 e. The van der Waals surface area contributed by atoms with Crippen LogP contribution in [0.3, 0.4) is 0 Å². The van der Waals surface area contributed by atoms with Gasteiger partial charge < -0.3 is 15.6 Å². The van der Waals surface area contributed by atoms with Gasteiger partial charge in [-0.25, -0.2) is 0 Å². The zero-order chi connectivity index (χ0) is 11.9. The van der Waals surface area contributed by atoms with E-state index in [0.29, 0.717) is 0 Å². The molecule has 0 aromatic heterocycles. The Bertz CT molecular complexity index is 418. The molecule has 2 atom stereocenters. The van der Waals surface area contributed by atoms with Crippen LogP contribution < -0.4 is 10.5 Å². The van der Waals surface area contributed by atoms with Crippen molar-refractivity contribution < 1.29 is 9.84 Å². The van der Waals surface area contributed by atoms with Crippen molar-refractivity contribution in [3.05, 3.63) is 29.8 Å². The van der Waals surface area contributed by atoms with E-state index in [-0.39, 0.29) is 24.0 Å². The highest BCUT2D eigenvalue weighted by molar-refractivity contribution is 5.85. The number of aliphatic hydroxyl groups excluding tert-OH is 1. The third-order valence-electron chi connectivity index (χ3n) is 4.20. The zero-order valence-corrected chi connectivity index (χ0v) is 11.2. The number of hydrogen-bond donors (Lipinski definition) is 2. The molecular weight excluding hydrogens is 250 g/mol. The Morgan fingerprint density at radius 1 is 1.17 bits per heavy atom. The Morgan fingerprint density at radius 2 is 1.83 bits per heavy atom. The van der Waals surface area contributed by atoms with Crippen LogP contribution in [0.1, 0.15) is 43.8 Å². The van der Waals surface area contributed by atoms with Crippen LogP contribution in [0.25, 0.3) is 0 Å². The number of para-hydroxylation sites is 1. The first-order chi connectivity index (χ1) is 8.23. The van der Waals surface area contributed by atoms with Crippen molar-refractivity contribution >= 4 is 12.4 Å². The largest absolute Gasteiger partial charge is 0.485 e. The van der Waals surface area contributed by atoms with Crippen LogP contribution in [-0.2, 0) is 0 Å². The number of ether oxygens (including phenoxy) is 1. The minimum absolute atomic E-state index is 0. The minimum atomic E-state index is -0.599. The molecule has 1 aromatic rings. The third-order valence-corrected chi connectivity index (χ3v) is 4.20. The molecule has 3 nitrogen and oxygen atoms in total. The normalized spacial score (nSPS) is 29.0. The number of nitrogens with two attached hydrogens (primary N) is 1. The van der Waals surface area contributed by atoms with E-state index in [1.54, 1.807) is 0 Å². The number of fused-ring (bicyclic) bond motifs is 1. The molecule has 2 aliphatic rings. The molecule has 3 rings (SSSR count). The van der Waals surface area contributed by atoms with Gasteiger partial charge in [0.1, 0.15) is 17.5 Å². The van der Waals surface area contributed by atoms with E-state index in [9.17, 15) is 5.11 Å². The monoisotopic (exact) mass is 269 g/mol. The maximum atomic E-state index is 10.3. The van der Waals surface area contributed by atoms with E-state index in [1.165, 1.54) is 6.42 Å². The molecule has 1 aliphatic carbocycles. The Balaban J connectivity index is 0.00000120. The maximum absolute atomic E-state index is 10.3. The summed E-state index contributed by atoms with van der Waals surface area (Å²) < 4.78 is 6.16. The van der Waals surface area contributed by atoms with Crippen LogP contribution in [0.15, 0.2) is 24.3 Å². The Labute approximate surface area is 114 Å². The molecule has 1 spiro atoms. The fourth-order valence-corrected chi connectivity index (χ4v) is 3.17. The SMILES string of the molecule is Cl.NC1C(O)c2ccccc2OC12CCCCC2.